The van der Waals surface area contributed by atoms with E-state index in [1.807, 2.05) is 18.2 Å². The van der Waals surface area contributed by atoms with Crippen molar-refractivity contribution in [3.63, 3.8) is 0 Å². The summed E-state index contributed by atoms with van der Waals surface area (Å²) in [7, 11) is 0. The molecule has 2 nitrogen and oxygen atoms in total. The molecule has 0 aromatic heterocycles. The Kier molecular flexibility index (Phi) is 4.70. The van der Waals surface area contributed by atoms with Gasteiger partial charge in [0, 0.05) is 5.57 Å². The van der Waals surface area contributed by atoms with E-state index in [4.69, 9.17) is 4.74 Å². The van der Waals surface area contributed by atoms with Crippen LogP contribution in [0.4, 0.5) is 0 Å². The highest BCUT2D eigenvalue weighted by Crippen LogP contribution is 2.22. The van der Waals surface area contributed by atoms with Gasteiger partial charge in [-0.1, -0.05) is 43.9 Å². The first-order chi connectivity index (χ1) is 8.04. The molecule has 17 heavy (non-hydrogen) atoms. The molecule has 0 aliphatic heterocycles. The van der Waals surface area contributed by atoms with Crippen LogP contribution in [0.15, 0.2) is 48.6 Å². The highest BCUT2D eigenvalue weighted by Gasteiger charge is 2.09. The van der Waals surface area contributed by atoms with Crippen molar-refractivity contribution in [2.75, 3.05) is 0 Å². The Labute approximate surface area is 103 Å². The molecule has 0 saturated carbocycles. The molecular weight excluding hydrogens is 212 g/mol. The van der Waals surface area contributed by atoms with Crippen LogP contribution in [-0.2, 0) is 11.2 Å². The van der Waals surface area contributed by atoms with Crippen LogP contribution in [0, 0.1) is 0 Å². The van der Waals surface area contributed by atoms with Crippen molar-refractivity contribution in [2.24, 2.45) is 0 Å². The molecule has 0 aliphatic carbocycles. The van der Waals surface area contributed by atoms with Gasteiger partial charge in [0.2, 0.25) is 0 Å². The summed E-state index contributed by atoms with van der Waals surface area (Å²) < 4.78 is 5.27. The van der Waals surface area contributed by atoms with Crippen LogP contribution >= 0.6 is 0 Å². The van der Waals surface area contributed by atoms with Gasteiger partial charge in [-0.05, 0) is 31.4 Å². The predicted molar refractivity (Wildman–Crippen MR) is 70.0 cm³/mol. The summed E-state index contributed by atoms with van der Waals surface area (Å²) in [4.78, 5) is 11.5. The smallest absolute Gasteiger partial charge is 0.338 e. The van der Waals surface area contributed by atoms with E-state index >= 15 is 0 Å². The van der Waals surface area contributed by atoms with Gasteiger partial charge in [-0.2, -0.15) is 0 Å². The summed E-state index contributed by atoms with van der Waals surface area (Å²) in [5.41, 5.74) is 2.49. The van der Waals surface area contributed by atoms with E-state index in [9.17, 15) is 4.79 Å². The molecule has 2 heteroatoms. The Hall–Kier alpha value is -1.83. The van der Waals surface area contributed by atoms with E-state index < -0.39 is 0 Å². The number of carbonyl (C=O) groups is 1. The minimum Gasteiger partial charge on any atom is -0.423 e. The van der Waals surface area contributed by atoms with Gasteiger partial charge in [0.1, 0.15) is 5.75 Å². The molecule has 0 atom stereocenters. The lowest BCUT2D eigenvalue weighted by molar-refractivity contribution is -0.130. The molecule has 0 bridgehead atoms. The van der Waals surface area contributed by atoms with E-state index in [1.54, 1.807) is 13.0 Å². The maximum Gasteiger partial charge on any atom is 0.338 e. The number of carbonyl (C=O) groups excluding carboxylic acids is 1. The number of benzene rings is 1. The van der Waals surface area contributed by atoms with Gasteiger partial charge in [0.15, 0.2) is 0 Å². The van der Waals surface area contributed by atoms with E-state index in [-0.39, 0.29) is 5.97 Å². The monoisotopic (exact) mass is 230 g/mol. The van der Waals surface area contributed by atoms with Crippen LogP contribution in [0.2, 0.25) is 0 Å². The number of hydrogen-bond acceptors (Lipinski definition) is 2. The fourth-order valence-electron chi connectivity index (χ4n) is 1.33. The van der Waals surface area contributed by atoms with Crippen molar-refractivity contribution in [1.29, 1.82) is 0 Å². The maximum absolute atomic E-state index is 11.5. The van der Waals surface area contributed by atoms with Crippen LogP contribution in [-0.4, -0.2) is 5.97 Å². The first-order valence-corrected chi connectivity index (χ1v) is 5.66. The minimum absolute atomic E-state index is 0.389. The molecule has 0 N–H and O–H groups in total. The topological polar surface area (TPSA) is 26.3 Å². The standard InChI is InChI=1S/C15H18O2/c1-5-12(4)10-13-8-6-7-9-14(13)17-15(16)11(2)3/h6-9H,2,4-5,10H2,1,3H3. The van der Waals surface area contributed by atoms with Gasteiger partial charge in [0.05, 0.1) is 0 Å². The highest BCUT2D eigenvalue weighted by molar-refractivity contribution is 5.88. The number of para-hydroxylation sites is 1. The van der Waals surface area contributed by atoms with E-state index in [0.29, 0.717) is 11.3 Å². The van der Waals surface area contributed by atoms with Gasteiger partial charge in [-0.3, -0.25) is 0 Å². The third-order valence-corrected chi connectivity index (χ3v) is 2.46. The van der Waals surface area contributed by atoms with Crippen LogP contribution in [0.25, 0.3) is 0 Å². The second kappa shape index (κ2) is 6.04. The first-order valence-electron chi connectivity index (χ1n) is 5.66. The van der Waals surface area contributed by atoms with Crippen molar-refractivity contribution in [1.82, 2.24) is 0 Å². The summed E-state index contributed by atoms with van der Waals surface area (Å²) >= 11 is 0. The summed E-state index contributed by atoms with van der Waals surface area (Å²) in [6, 6.07) is 7.51. The molecule has 0 spiro atoms. The first kappa shape index (κ1) is 13.2. The predicted octanol–water partition coefficient (Wildman–Crippen LogP) is 3.68. The summed E-state index contributed by atoms with van der Waals surface area (Å²) in [5.74, 6) is 0.203. The summed E-state index contributed by atoms with van der Waals surface area (Å²) in [6.45, 7) is 11.2. The number of rotatable bonds is 5. The largest absolute Gasteiger partial charge is 0.423 e. The Morgan fingerprint density at radius 2 is 1.94 bits per heavy atom. The molecule has 0 fully saturated rings. The lowest BCUT2D eigenvalue weighted by atomic mass is 10.0. The number of allylic oxidation sites excluding steroid dienone is 1. The van der Waals surface area contributed by atoms with E-state index in [2.05, 4.69) is 20.1 Å². The van der Waals surface area contributed by atoms with Crippen molar-refractivity contribution in [3.8, 4) is 5.75 Å². The Morgan fingerprint density at radius 1 is 1.29 bits per heavy atom. The summed E-state index contributed by atoms with van der Waals surface area (Å²) in [5, 5.41) is 0. The number of hydrogen-bond donors (Lipinski definition) is 0. The molecule has 0 amide bonds. The molecule has 1 rings (SSSR count). The van der Waals surface area contributed by atoms with Crippen LogP contribution < -0.4 is 4.74 Å². The quantitative estimate of drug-likeness (QED) is 0.334. The zero-order chi connectivity index (χ0) is 12.8. The maximum atomic E-state index is 11.5. The van der Waals surface area contributed by atoms with Gasteiger partial charge < -0.3 is 4.74 Å². The molecule has 90 valence electrons. The van der Waals surface area contributed by atoms with Crippen LogP contribution in [0.3, 0.4) is 0 Å². The molecule has 0 saturated heterocycles. The lowest BCUT2D eigenvalue weighted by Gasteiger charge is -2.10. The normalized spacial score (nSPS) is 9.76. The summed E-state index contributed by atoms with van der Waals surface area (Å²) in [6.07, 6.45) is 1.65. The fraction of sp³-hybridized carbons (Fsp3) is 0.267. The van der Waals surface area contributed by atoms with E-state index in [0.717, 1.165) is 24.0 Å². The Morgan fingerprint density at radius 3 is 2.53 bits per heavy atom. The second-order valence-corrected chi connectivity index (χ2v) is 4.06. The molecule has 1 aromatic carbocycles. The van der Waals surface area contributed by atoms with E-state index in [1.165, 1.54) is 0 Å². The van der Waals surface area contributed by atoms with Gasteiger partial charge in [0.25, 0.3) is 0 Å². The third kappa shape index (κ3) is 3.91. The molecule has 0 heterocycles. The van der Waals surface area contributed by atoms with Crippen molar-refractivity contribution in [3.05, 3.63) is 54.1 Å². The molecule has 0 radical (unpaired) electrons. The minimum atomic E-state index is -0.389. The average molecular weight is 230 g/mol. The van der Waals surface area contributed by atoms with Crippen LogP contribution in [0.1, 0.15) is 25.8 Å². The zero-order valence-electron chi connectivity index (χ0n) is 10.5. The Bertz CT molecular complexity index is 444. The molecule has 0 unspecified atom stereocenters. The van der Waals surface area contributed by atoms with Gasteiger partial charge >= 0.3 is 5.97 Å². The molecule has 0 aliphatic rings. The lowest BCUT2D eigenvalue weighted by Crippen LogP contribution is -2.09. The van der Waals surface area contributed by atoms with Crippen molar-refractivity contribution < 1.29 is 9.53 Å². The second-order valence-electron chi connectivity index (χ2n) is 4.06. The van der Waals surface area contributed by atoms with Gasteiger partial charge in [-0.15, -0.1) is 0 Å². The number of ether oxygens (including phenoxy) is 1. The number of esters is 1. The zero-order valence-corrected chi connectivity index (χ0v) is 10.5. The third-order valence-electron chi connectivity index (χ3n) is 2.46. The van der Waals surface area contributed by atoms with Crippen molar-refractivity contribution in [2.45, 2.75) is 26.7 Å². The molecular formula is C15H18O2. The highest BCUT2D eigenvalue weighted by atomic mass is 16.5. The fourth-order valence-corrected chi connectivity index (χ4v) is 1.33. The van der Waals surface area contributed by atoms with Gasteiger partial charge in [-0.25, -0.2) is 4.79 Å². The van der Waals surface area contributed by atoms with Crippen LogP contribution in [0.5, 0.6) is 5.75 Å². The molecule has 1 aromatic rings. The van der Waals surface area contributed by atoms with Crippen molar-refractivity contribution >= 4 is 5.97 Å². The Balaban J connectivity index is 2.88. The SMILES string of the molecule is C=C(CC)Cc1ccccc1OC(=O)C(=C)C. The average Bonchev–Trinajstić information content (AvgIpc) is 2.31.